The Morgan fingerprint density at radius 1 is 0.900 bits per heavy atom. The van der Waals surface area contributed by atoms with Gasteiger partial charge in [0.05, 0.1) is 12.7 Å². The predicted octanol–water partition coefficient (Wildman–Crippen LogP) is 4.43. The van der Waals surface area contributed by atoms with Crippen molar-refractivity contribution < 1.29 is 19.4 Å². The van der Waals surface area contributed by atoms with Crippen LogP contribution in [0.25, 0.3) is 21.5 Å². The summed E-state index contributed by atoms with van der Waals surface area (Å²) >= 11 is 0. The number of para-hydroxylation sites is 1. The van der Waals surface area contributed by atoms with E-state index < -0.39 is 17.9 Å². The molecule has 2 N–H and O–H groups in total. The van der Waals surface area contributed by atoms with Gasteiger partial charge in [-0.2, -0.15) is 0 Å². The van der Waals surface area contributed by atoms with E-state index in [2.05, 4.69) is 5.32 Å². The molecule has 150 valence electrons. The van der Waals surface area contributed by atoms with Crippen LogP contribution in [0.1, 0.15) is 15.9 Å². The van der Waals surface area contributed by atoms with E-state index in [0.717, 1.165) is 27.1 Å². The molecule has 0 aliphatic rings. The number of carboxylic acid groups (broad SMARTS) is 1. The summed E-state index contributed by atoms with van der Waals surface area (Å²) < 4.78 is 5.33. The van der Waals surface area contributed by atoms with Crippen LogP contribution in [-0.4, -0.2) is 30.1 Å². The third kappa shape index (κ3) is 3.70. The molecule has 0 radical (unpaired) electrons. The Balaban J connectivity index is 1.74. The maximum absolute atomic E-state index is 13.3. The summed E-state index contributed by atoms with van der Waals surface area (Å²) in [6.07, 6.45) is 0.119. The molecule has 4 aromatic rings. The highest BCUT2D eigenvalue weighted by Gasteiger charge is 2.24. The van der Waals surface area contributed by atoms with Crippen molar-refractivity contribution >= 4 is 33.4 Å². The number of aliphatic carboxylic acids is 1. The second-order valence-corrected chi connectivity index (χ2v) is 7.07. The van der Waals surface area contributed by atoms with Crippen molar-refractivity contribution in [2.45, 2.75) is 12.5 Å². The van der Waals surface area contributed by atoms with Crippen LogP contribution in [-0.2, 0) is 11.2 Å². The highest BCUT2D eigenvalue weighted by molar-refractivity contribution is 6.18. The fourth-order valence-corrected chi connectivity index (χ4v) is 3.78. The second-order valence-electron chi connectivity index (χ2n) is 7.07. The molecule has 0 bridgehead atoms. The largest absolute Gasteiger partial charge is 0.496 e. The van der Waals surface area contributed by atoms with Crippen LogP contribution >= 0.6 is 0 Å². The molecular formula is C25H21NO4. The quantitative estimate of drug-likeness (QED) is 0.471. The van der Waals surface area contributed by atoms with Crippen LogP contribution in [0.2, 0.25) is 0 Å². The van der Waals surface area contributed by atoms with E-state index in [1.807, 2.05) is 66.7 Å². The average molecular weight is 399 g/mol. The molecule has 0 fully saturated rings. The third-order valence-corrected chi connectivity index (χ3v) is 5.22. The molecular weight excluding hydrogens is 378 g/mol. The minimum atomic E-state index is -1.10. The number of benzene rings is 4. The number of nitrogens with one attached hydrogen (secondary N) is 1. The van der Waals surface area contributed by atoms with Gasteiger partial charge in [0.2, 0.25) is 0 Å². The summed E-state index contributed by atoms with van der Waals surface area (Å²) in [6.45, 7) is 0. The lowest BCUT2D eigenvalue weighted by atomic mass is 9.95. The van der Waals surface area contributed by atoms with Gasteiger partial charge < -0.3 is 15.2 Å². The highest BCUT2D eigenvalue weighted by atomic mass is 16.5. The number of carbonyl (C=O) groups excluding carboxylic acids is 1. The van der Waals surface area contributed by atoms with E-state index in [1.165, 1.54) is 7.11 Å². The first kappa shape index (κ1) is 19.5. The summed E-state index contributed by atoms with van der Waals surface area (Å²) in [4.78, 5) is 25.3. The Kier molecular flexibility index (Phi) is 5.35. The number of methoxy groups -OCH3 is 1. The van der Waals surface area contributed by atoms with Gasteiger partial charge in [-0.1, -0.05) is 66.7 Å². The summed E-state index contributed by atoms with van der Waals surface area (Å²) in [6, 6.07) is 23.4. The van der Waals surface area contributed by atoms with Crippen molar-refractivity contribution in [1.29, 1.82) is 0 Å². The van der Waals surface area contributed by atoms with Crippen molar-refractivity contribution in [2.24, 2.45) is 0 Å². The van der Waals surface area contributed by atoms with Crippen molar-refractivity contribution in [2.75, 3.05) is 7.11 Å². The van der Waals surface area contributed by atoms with Gasteiger partial charge in [0.25, 0.3) is 5.91 Å². The lowest BCUT2D eigenvalue weighted by molar-refractivity contribution is -0.139. The maximum atomic E-state index is 13.3. The van der Waals surface area contributed by atoms with E-state index in [4.69, 9.17) is 4.74 Å². The summed E-state index contributed by atoms with van der Waals surface area (Å²) in [5.74, 6) is -0.919. The molecule has 5 nitrogen and oxygen atoms in total. The van der Waals surface area contributed by atoms with E-state index in [-0.39, 0.29) is 6.42 Å². The molecule has 0 aliphatic heterocycles. The van der Waals surface area contributed by atoms with Gasteiger partial charge in [0.15, 0.2) is 0 Å². The zero-order chi connectivity index (χ0) is 21.1. The Bertz CT molecular complexity index is 1190. The van der Waals surface area contributed by atoms with Crippen molar-refractivity contribution in [3.63, 3.8) is 0 Å². The number of amides is 1. The first-order chi connectivity index (χ1) is 14.6. The molecule has 0 aromatic heterocycles. The molecule has 4 rings (SSSR count). The van der Waals surface area contributed by atoms with Crippen LogP contribution < -0.4 is 10.1 Å². The maximum Gasteiger partial charge on any atom is 0.326 e. The molecule has 0 aliphatic carbocycles. The monoisotopic (exact) mass is 399 g/mol. The zero-order valence-electron chi connectivity index (χ0n) is 16.5. The Morgan fingerprint density at radius 2 is 1.47 bits per heavy atom. The third-order valence-electron chi connectivity index (χ3n) is 5.22. The predicted molar refractivity (Wildman–Crippen MR) is 117 cm³/mol. The number of fused-ring (bicyclic) bond motifs is 2. The minimum Gasteiger partial charge on any atom is -0.496 e. The van der Waals surface area contributed by atoms with Gasteiger partial charge in [0.1, 0.15) is 11.8 Å². The zero-order valence-corrected chi connectivity index (χ0v) is 16.5. The van der Waals surface area contributed by atoms with Crippen LogP contribution in [0.5, 0.6) is 5.75 Å². The topological polar surface area (TPSA) is 75.6 Å². The van der Waals surface area contributed by atoms with E-state index in [0.29, 0.717) is 11.3 Å². The minimum absolute atomic E-state index is 0.119. The fourth-order valence-electron chi connectivity index (χ4n) is 3.78. The molecule has 1 atom stereocenters. The number of rotatable bonds is 6. The lowest BCUT2D eigenvalue weighted by Gasteiger charge is -2.18. The van der Waals surface area contributed by atoms with Crippen LogP contribution in [0.4, 0.5) is 0 Å². The van der Waals surface area contributed by atoms with E-state index >= 15 is 0 Å². The molecule has 1 amide bonds. The number of ether oxygens (including phenoxy) is 1. The number of carboxylic acids is 1. The van der Waals surface area contributed by atoms with E-state index in [9.17, 15) is 14.7 Å². The van der Waals surface area contributed by atoms with Gasteiger partial charge in [-0.15, -0.1) is 0 Å². The number of hydrogen-bond donors (Lipinski definition) is 2. The van der Waals surface area contributed by atoms with Gasteiger partial charge >= 0.3 is 5.97 Å². The SMILES string of the molecule is COc1ccccc1C[C@H](NC(=O)c1c2ccccc2cc2ccccc12)C(=O)O. The van der Waals surface area contributed by atoms with Crippen molar-refractivity contribution in [1.82, 2.24) is 5.32 Å². The van der Waals surface area contributed by atoms with Crippen LogP contribution in [0.15, 0.2) is 78.9 Å². The molecule has 5 heteroatoms. The van der Waals surface area contributed by atoms with Crippen molar-refractivity contribution in [3.8, 4) is 5.75 Å². The van der Waals surface area contributed by atoms with Gasteiger partial charge in [-0.3, -0.25) is 4.79 Å². The molecule has 30 heavy (non-hydrogen) atoms. The molecule has 4 aromatic carbocycles. The first-order valence-electron chi connectivity index (χ1n) is 9.64. The van der Waals surface area contributed by atoms with Gasteiger partial charge in [-0.25, -0.2) is 4.79 Å². The molecule has 0 heterocycles. The molecule has 0 unspecified atom stereocenters. The second kappa shape index (κ2) is 8.25. The Hall–Kier alpha value is -3.86. The van der Waals surface area contributed by atoms with Crippen LogP contribution in [0.3, 0.4) is 0 Å². The number of carbonyl (C=O) groups is 2. The average Bonchev–Trinajstić information content (AvgIpc) is 2.77. The highest BCUT2D eigenvalue weighted by Crippen LogP contribution is 2.28. The van der Waals surface area contributed by atoms with Crippen LogP contribution in [0, 0.1) is 0 Å². The Labute approximate surface area is 173 Å². The fraction of sp³-hybridized carbons (Fsp3) is 0.120. The lowest BCUT2D eigenvalue weighted by Crippen LogP contribution is -2.42. The first-order valence-corrected chi connectivity index (χ1v) is 9.64. The van der Waals surface area contributed by atoms with E-state index in [1.54, 1.807) is 12.1 Å². The van der Waals surface area contributed by atoms with Crippen molar-refractivity contribution in [3.05, 3.63) is 90.0 Å². The summed E-state index contributed by atoms with van der Waals surface area (Å²) in [5.41, 5.74) is 1.20. The number of hydrogen-bond acceptors (Lipinski definition) is 3. The smallest absolute Gasteiger partial charge is 0.326 e. The summed E-state index contributed by atoms with van der Waals surface area (Å²) in [5, 5.41) is 15.9. The Morgan fingerprint density at radius 3 is 2.07 bits per heavy atom. The molecule has 0 saturated heterocycles. The molecule has 0 spiro atoms. The van der Waals surface area contributed by atoms with Gasteiger partial charge in [0, 0.05) is 6.42 Å². The summed E-state index contributed by atoms with van der Waals surface area (Å²) in [7, 11) is 1.54. The van der Waals surface area contributed by atoms with Gasteiger partial charge in [-0.05, 0) is 39.2 Å². The normalized spacial score (nSPS) is 11.9. The molecule has 0 saturated carbocycles. The standard InChI is InChI=1S/C25H21NO4/c1-30-22-13-7-4-10-18(22)15-21(25(28)29)26-24(27)23-19-11-5-2-8-16(19)14-17-9-3-6-12-20(17)23/h2-14,21H,15H2,1H3,(H,26,27)(H,28,29)/t21-/m0/s1.